The standard InChI is InChI=1S/C9H9F3N2O2.ClH/c10-9(11,12)5-7(13)6-3-1-2-4-8(6)14(15)16;/h1-4,7H,5,13H2;1H/t7-;/m0./s1. The van der Waals surface area contributed by atoms with E-state index >= 15 is 0 Å². The highest BCUT2D eigenvalue weighted by molar-refractivity contribution is 5.85. The summed E-state index contributed by atoms with van der Waals surface area (Å²) in [5.41, 5.74) is 4.80. The minimum Gasteiger partial charge on any atom is -0.323 e. The molecule has 1 rings (SSSR count). The fourth-order valence-electron chi connectivity index (χ4n) is 1.33. The van der Waals surface area contributed by atoms with Gasteiger partial charge in [-0.1, -0.05) is 18.2 Å². The molecule has 0 aliphatic heterocycles. The van der Waals surface area contributed by atoms with Crippen molar-refractivity contribution in [1.29, 1.82) is 0 Å². The number of hydrogen-bond donors (Lipinski definition) is 1. The molecule has 1 aromatic rings. The van der Waals surface area contributed by atoms with Gasteiger partial charge >= 0.3 is 6.18 Å². The van der Waals surface area contributed by atoms with Crippen LogP contribution in [0.4, 0.5) is 18.9 Å². The third kappa shape index (κ3) is 4.58. The van der Waals surface area contributed by atoms with Crippen molar-refractivity contribution in [1.82, 2.24) is 0 Å². The Hall–Kier alpha value is -1.34. The predicted molar refractivity (Wildman–Crippen MR) is 57.9 cm³/mol. The molecule has 0 unspecified atom stereocenters. The van der Waals surface area contributed by atoms with Crippen molar-refractivity contribution < 1.29 is 18.1 Å². The third-order valence-corrected chi connectivity index (χ3v) is 1.98. The molecule has 0 saturated heterocycles. The smallest absolute Gasteiger partial charge is 0.323 e. The zero-order valence-corrected chi connectivity index (χ0v) is 9.29. The van der Waals surface area contributed by atoms with E-state index in [0.29, 0.717) is 0 Å². The monoisotopic (exact) mass is 270 g/mol. The van der Waals surface area contributed by atoms with Gasteiger partial charge in [0.25, 0.3) is 5.69 Å². The van der Waals surface area contributed by atoms with E-state index in [4.69, 9.17) is 5.73 Å². The molecule has 1 atom stereocenters. The van der Waals surface area contributed by atoms with E-state index in [1.165, 1.54) is 18.2 Å². The average Bonchev–Trinajstić information content (AvgIpc) is 2.15. The van der Waals surface area contributed by atoms with Crippen molar-refractivity contribution in [3.8, 4) is 0 Å². The first kappa shape index (κ1) is 15.7. The van der Waals surface area contributed by atoms with E-state index in [0.717, 1.165) is 6.07 Å². The van der Waals surface area contributed by atoms with Crippen LogP contribution in [0, 0.1) is 10.1 Å². The lowest BCUT2D eigenvalue weighted by atomic mass is 10.0. The van der Waals surface area contributed by atoms with E-state index in [1.807, 2.05) is 0 Å². The van der Waals surface area contributed by atoms with Crippen LogP contribution in [0.25, 0.3) is 0 Å². The van der Waals surface area contributed by atoms with Gasteiger partial charge in [0, 0.05) is 17.7 Å². The fourth-order valence-corrected chi connectivity index (χ4v) is 1.33. The summed E-state index contributed by atoms with van der Waals surface area (Å²) in [6.45, 7) is 0. The maximum absolute atomic E-state index is 12.1. The van der Waals surface area contributed by atoms with E-state index in [9.17, 15) is 23.3 Å². The number of rotatable bonds is 3. The first-order valence-corrected chi connectivity index (χ1v) is 4.37. The summed E-state index contributed by atoms with van der Waals surface area (Å²) in [7, 11) is 0. The number of para-hydroxylation sites is 1. The molecular weight excluding hydrogens is 261 g/mol. The molecule has 8 heteroatoms. The minimum atomic E-state index is -4.44. The summed E-state index contributed by atoms with van der Waals surface area (Å²) < 4.78 is 36.2. The molecule has 0 aliphatic rings. The second-order valence-electron chi connectivity index (χ2n) is 3.24. The Morgan fingerprint density at radius 1 is 1.35 bits per heavy atom. The highest BCUT2D eigenvalue weighted by Gasteiger charge is 2.33. The Kier molecular flexibility index (Phi) is 5.37. The van der Waals surface area contributed by atoms with Crippen LogP contribution in [0.1, 0.15) is 18.0 Å². The molecule has 2 N–H and O–H groups in total. The molecule has 0 heterocycles. The molecule has 0 fully saturated rings. The molecule has 17 heavy (non-hydrogen) atoms. The SMILES string of the molecule is Cl.N[C@@H](CC(F)(F)F)c1ccccc1[N+](=O)[O-]. The van der Waals surface area contributed by atoms with Crippen LogP contribution in [-0.2, 0) is 0 Å². The molecule has 0 amide bonds. The highest BCUT2D eigenvalue weighted by atomic mass is 35.5. The lowest BCUT2D eigenvalue weighted by Crippen LogP contribution is -2.21. The topological polar surface area (TPSA) is 69.2 Å². The molecule has 0 aliphatic carbocycles. The number of nitro benzene ring substituents is 1. The van der Waals surface area contributed by atoms with Crippen LogP contribution in [0.3, 0.4) is 0 Å². The van der Waals surface area contributed by atoms with Gasteiger partial charge in [0.2, 0.25) is 0 Å². The molecule has 0 saturated carbocycles. The number of nitrogens with two attached hydrogens (primary N) is 1. The van der Waals surface area contributed by atoms with Gasteiger partial charge in [0.05, 0.1) is 11.3 Å². The number of alkyl halides is 3. The maximum Gasteiger partial charge on any atom is 0.390 e. The van der Waals surface area contributed by atoms with Crippen molar-refractivity contribution in [3.63, 3.8) is 0 Å². The summed E-state index contributed by atoms with van der Waals surface area (Å²) in [6.07, 6.45) is -5.72. The first-order chi connectivity index (χ1) is 7.31. The van der Waals surface area contributed by atoms with Crippen LogP contribution in [-0.4, -0.2) is 11.1 Å². The molecular formula is C9H10ClF3N2O2. The lowest BCUT2D eigenvalue weighted by Gasteiger charge is -2.14. The third-order valence-electron chi connectivity index (χ3n) is 1.98. The Bertz CT molecular complexity index is 398. The van der Waals surface area contributed by atoms with E-state index in [1.54, 1.807) is 0 Å². The number of benzene rings is 1. The Morgan fingerprint density at radius 3 is 2.35 bits per heavy atom. The Labute approximate surface area is 101 Å². The maximum atomic E-state index is 12.1. The van der Waals surface area contributed by atoms with Gasteiger partial charge in [-0.15, -0.1) is 12.4 Å². The van der Waals surface area contributed by atoms with Crippen LogP contribution in [0.15, 0.2) is 24.3 Å². The van der Waals surface area contributed by atoms with Gasteiger partial charge in [-0.05, 0) is 0 Å². The van der Waals surface area contributed by atoms with Crippen molar-refractivity contribution in [3.05, 3.63) is 39.9 Å². The highest BCUT2D eigenvalue weighted by Crippen LogP contribution is 2.31. The second-order valence-corrected chi connectivity index (χ2v) is 3.24. The van der Waals surface area contributed by atoms with Crippen molar-refractivity contribution in [2.75, 3.05) is 0 Å². The molecule has 0 radical (unpaired) electrons. The number of nitrogens with zero attached hydrogens (tertiary/aromatic N) is 1. The minimum absolute atomic E-state index is 0. The first-order valence-electron chi connectivity index (χ1n) is 4.37. The summed E-state index contributed by atoms with van der Waals surface area (Å²) in [5.74, 6) is 0. The number of halogens is 4. The summed E-state index contributed by atoms with van der Waals surface area (Å²) in [4.78, 5) is 9.82. The number of nitro groups is 1. The van der Waals surface area contributed by atoms with Gasteiger partial charge < -0.3 is 5.73 Å². The Morgan fingerprint density at radius 2 is 1.88 bits per heavy atom. The molecule has 0 aromatic heterocycles. The molecule has 4 nitrogen and oxygen atoms in total. The number of hydrogen-bond acceptors (Lipinski definition) is 3. The van der Waals surface area contributed by atoms with E-state index in [-0.39, 0.29) is 23.7 Å². The van der Waals surface area contributed by atoms with Crippen molar-refractivity contribution in [2.45, 2.75) is 18.6 Å². The van der Waals surface area contributed by atoms with Crippen molar-refractivity contribution in [2.24, 2.45) is 5.73 Å². The average molecular weight is 271 g/mol. The molecule has 0 bridgehead atoms. The Balaban J connectivity index is 0.00000256. The predicted octanol–water partition coefficient (Wildman–Crippen LogP) is 2.97. The zero-order valence-electron chi connectivity index (χ0n) is 8.48. The zero-order chi connectivity index (χ0) is 12.3. The summed E-state index contributed by atoms with van der Waals surface area (Å²) >= 11 is 0. The molecule has 1 aromatic carbocycles. The lowest BCUT2D eigenvalue weighted by molar-refractivity contribution is -0.385. The summed E-state index contributed by atoms with van der Waals surface area (Å²) in [6, 6.07) is 3.74. The van der Waals surface area contributed by atoms with Crippen LogP contribution >= 0.6 is 12.4 Å². The molecule has 0 spiro atoms. The van der Waals surface area contributed by atoms with E-state index in [2.05, 4.69) is 0 Å². The molecule has 96 valence electrons. The van der Waals surface area contributed by atoms with Crippen LogP contribution in [0.2, 0.25) is 0 Å². The van der Waals surface area contributed by atoms with Gasteiger partial charge in [-0.2, -0.15) is 13.2 Å². The summed E-state index contributed by atoms with van der Waals surface area (Å²) in [5, 5.41) is 10.6. The quantitative estimate of drug-likeness (QED) is 0.678. The van der Waals surface area contributed by atoms with Gasteiger partial charge in [-0.25, -0.2) is 0 Å². The van der Waals surface area contributed by atoms with Gasteiger partial charge in [0.15, 0.2) is 0 Å². The van der Waals surface area contributed by atoms with Crippen LogP contribution in [0.5, 0.6) is 0 Å². The normalized spacial score (nSPS) is 12.7. The largest absolute Gasteiger partial charge is 0.390 e. The van der Waals surface area contributed by atoms with E-state index < -0.39 is 23.6 Å². The van der Waals surface area contributed by atoms with Gasteiger partial charge in [-0.3, -0.25) is 10.1 Å². The van der Waals surface area contributed by atoms with Gasteiger partial charge in [0.1, 0.15) is 0 Å². The van der Waals surface area contributed by atoms with Crippen LogP contribution < -0.4 is 5.73 Å². The second kappa shape index (κ2) is 5.83. The fraction of sp³-hybridized carbons (Fsp3) is 0.333. The van der Waals surface area contributed by atoms with Crippen molar-refractivity contribution >= 4 is 18.1 Å².